The molecule has 0 spiro atoms. The van der Waals surface area contributed by atoms with Crippen molar-refractivity contribution < 1.29 is 28.6 Å². The molecule has 3 saturated carbocycles. The average molecular weight is 455 g/mol. The van der Waals surface area contributed by atoms with Gasteiger partial charge in [0.2, 0.25) is 0 Å². The van der Waals surface area contributed by atoms with E-state index in [1.54, 1.807) is 19.9 Å². The van der Waals surface area contributed by atoms with Gasteiger partial charge in [-0.2, -0.15) is 0 Å². The van der Waals surface area contributed by atoms with Crippen molar-refractivity contribution in [3.05, 3.63) is 23.8 Å². The summed E-state index contributed by atoms with van der Waals surface area (Å²) in [5.74, 6) is -0.299. The summed E-state index contributed by atoms with van der Waals surface area (Å²) in [4.78, 5) is 24.1. The van der Waals surface area contributed by atoms with Crippen LogP contribution in [0.2, 0.25) is 0 Å². The first-order valence-electron chi connectivity index (χ1n) is 11.3. The first kappa shape index (κ1) is 22.8. The lowest BCUT2D eigenvalue weighted by molar-refractivity contribution is -0.207. The monoisotopic (exact) mass is 454 g/mol. The second kappa shape index (κ2) is 7.87. The second-order valence-electron chi connectivity index (χ2n) is 9.95. The molecule has 172 valence electrons. The lowest BCUT2D eigenvalue weighted by Gasteiger charge is -2.62. The molecule has 0 heterocycles. The van der Waals surface area contributed by atoms with Gasteiger partial charge in [-0.05, 0) is 69.9 Å². The number of ether oxygens (including phenoxy) is 2. The Bertz CT molecular complexity index is 827. The normalized spacial score (nSPS) is 45.9. The van der Waals surface area contributed by atoms with Gasteiger partial charge in [0.15, 0.2) is 11.5 Å². The van der Waals surface area contributed by atoms with Crippen LogP contribution in [-0.2, 0) is 14.3 Å². The molecule has 0 amide bonds. The minimum absolute atomic E-state index is 0.000364. The highest BCUT2D eigenvalue weighted by atomic mass is 35.5. The minimum atomic E-state index is -1.90. The van der Waals surface area contributed by atoms with Crippen LogP contribution in [0.3, 0.4) is 0 Å². The maximum atomic E-state index is 17.1. The van der Waals surface area contributed by atoms with Gasteiger partial charge in [-0.15, -0.1) is 11.6 Å². The molecule has 1 N–H and O–H groups in total. The number of alkyl halides is 2. The third-order valence-electron chi connectivity index (χ3n) is 8.66. The number of ketones is 1. The Kier molecular flexibility index (Phi) is 5.79. The maximum absolute atomic E-state index is 17.1. The molecule has 4 rings (SSSR count). The molecule has 0 aromatic rings. The number of fused-ring (bicyclic) bond motifs is 5. The van der Waals surface area contributed by atoms with Crippen molar-refractivity contribution >= 4 is 23.5 Å². The fourth-order valence-corrected chi connectivity index (χ4v) is 7.75. The predicted octanol–water partition coefficient (Wildman–Crippen LogP) is 4.75. The summed E-state index contributed by atoms with van der Waals surface area (Å²) in [5.41, 5.74) is -2.76. The van der Waals surface area contributed by atoms with E-state index in [2.05, 4.69) is 0 Å². The van der Waals surface area contributed by atoms with Crippen LogP contribution in [0.25, 0.3) is 0 Å². The van der Waals surface area contributed by atoms with Gasteiger partial charge in [0.1, 0.15) is 6.10 Å². The topological polar surface area (TPSA) is 72.8 Å². The smallest absolute Gasteiger partial charge is 0.435 e. The molecule has 0 bridgehead atoms. The predicted molar refractivity (Wildman–Crippen MR) is 114 cm³/mol. The number of aliphatic hydroxyl groups is 1. The molecule has 4 aliphatic rings. The lowest BCUT2D eigenvalue weighted by Crippen LogP contribution is -2.67. The third-order valence-corrected chi connectivity index (χ3v) is 8.85. The Labute approximate surface area is 188 Å². The van der Waals surface area contributed by atoms with Gasteiger partial charge in [-0.3, -0.25) is 4.79 Å². The van der Waals surface area contributed by atoms with Gasteiger partial charge >= 0.3 is 6.16 Å². The molecule has 0 saturated heterocycles. The average Bonchev–Trinajstić information content (AvgIpc) is 2.96. The SMILES string of the molecule is CCOC(=O)O[C@@H]1[C@H](C)C[C@H]2[C@@H]3CCC4=CC(=O)C=C[C@]4(C)[C@@]3(F)[C@@H](O)C[C@]12CCCl. The third kappa shape index (κ3) is 3.12. The largest absolute Gasteiger partial charge is 0.508 e. The maximum Gasteiger partial charge on any atom is 0.508 e. The fraction of sp³-hybridized carbons (Fsp3) is 0.750. The van der Waals surface area contributed by atoms with Crippen molar-refractivity contribution in [2.75, 3.05) is 12.5 Å². The molecule has 0 aromatic carbocycles. The molecular formula is C24H32ClFO5. The Morgan fingerprint density at radius 1 is 1.39 bits per heavy atom. The molecular weight excluding hydrogens is 423 g/mol. The Hall–Kier alpha value is -1.40. The molecule has 8 atom stereocenters. The van der Waals surface area contributed by atoms with Crippen molar-refractivity contribution in [2.24, 2.45) is 28.6 Å². The van der Waals surface area contributed by atoms with E-state index in [1.165, 1.54) is 12.2 Å². The second-order valence-corrected chi connectivity index (χ2v) is 10.3. The summed E-state index contributed by atoms with van der Waals surface area (Å²) in [6, 6.07) is 0. The number of allylic oxidation sites excluding steroid dienone is 4. The summed E-state index contributed by atoms with van der Waals surface area (Å²) in [5, 5.41) is 11.4. The highest BCUT2D eigenvalue weighted by molar-refractivity contribution is 6.17. The first-order valence-corrected chi connectivity index (χ1v) is 11.9. The number of hydrogen-bond donors (Lipinski definition) is 1. The van der Waals surface area contributed by atoms with Crippen LogP contribution < -0.4 is 0 Å². The van der Waals surface area contributed by atoms with Crippen LogP contribution in [-0.4, -0.2) is 47.4 Å². The van der Waals surface area contributed by atoms with E-state index in [4.69, 9.17) is 21.1 Å². The van der Waals surface area contributed by atoms with E-state index in [0.29, 0.717) is 31.6 Å². The first-order chi connectivity index (χ1) is 14.6. The van der Waals surface area contributed by atoms with Crippen LogP contribution in [0, 0.1) is 28.6 Å². The van der Waals surface area contributed by atoms with E-state index in [0.717, 1.165) is 5.57 Å². The van der Waals surface area contributed by atoms with E-state index in [9.17, 15) is 14.7 Å². The zero-order valence-corrected chi connectivity index (χ0v) is 19.2. The van der Waals surface area contributed by atoms with Crippen LogP contribution >= 0.6 is 11.6 Å². The van der Waals surface area contributed by atoms with Crippen molar-refractivity contribution in [1.82, 2.24) is 0 Å². The van der Waals surface area contributed by atoms with Gasteiger partial charge < -0.3 is 14.6 Å². The van der Waals surface area contributed by atoms with Crippen LogP contribution in [0.5, 0.6) is 0 Å². The van der Waals surface area contributed by atoms with Crippen LogP contribution in [0.15, 0.2) is 23.8 Å². The number of aliphatic hydroxyl groups excluding tert-OH is 1. The van der Waals surface area contributed by atoms with Crippen molar-refractivity contribution in [2.45, 2.75) is 70.8 Å². The van der Waals surface area contributed by atoms with Gasteiger partial charge in [0.05, 0.1) is 12.7 Å². The molecule has 3 fully saturated rings. The molecule has 7 heteroatoms. The summed E-state index contributed by atoms with van der Waals surface area (Å²) < 4.78 is 27.9. The molecule has 31 heavy (non-hydrogen) atoms. The molecule has 5 nitrogen and oxygen atoms in total. The van der Waals surface area contributed by atoms with E-state index >= 15 is 4.39 Å². The van der Waals surface area contributed by atoms with E-state index in [-0.39, 0.29) is 30.6 Å². The number of carbonyl (C=O) groups excluding carboxylic acids is 2. The van der Waals surface area contributed by atoms with Gasteiger partial charge in [0, 0.05) is 22.6 Å². The van der Waals surface area contributed by atoms with E-state index in [1.807, 2.05) is 6.92 Å². The summed E-state index contributed by atoms with van der Waals surface area (Å²) in [7, 11) is 0. The number of carbonyl (C=O) groups is 2. The zero-order valence-electron chi connectivity index (χ0n) is 18.4. The van der Waals surface area contributed by atoms with Crippen molar-refractivity contribution in [3.8, 4) is 0 Å². The van der Waals surface area contributed by atoms with Crippen LogP contribution in [0.4, 0.5) is 9.18 Å². The van der Waals surface area contributed by atoms with Crippen molar-refractivity contribution in [3.63, 3.8) is 0 Å². The molecule has 0 aromatic heterocycles. The van der Waals surface area contributed by atoms with Crippen molar-refractivity contribution in [1.29, 1.82) is 0 Å². The summed E-state index contributed by atoms with van der Waals surface area (Å²) >= 11 is 6.21. The summed E-state index contributed by atoms with van der Waals surface area (Å²) in [6.07, 6.45) is 4.69. The highest BCUT2D eigenvalue weighted by Crippen LogP contribution is 2.69. The van der Waals surface area contributed by atoms with Gasteiger partial charge in [-0.25, -0.2) is 9.18 Å². The molecule has 0 aliphatic heterocycles. The molecule has 0 radical (unpaired) electrons. The minimum Gasteiger partial charge on any atom is -0.435 e. The number of hydrogen-bond acceptors (Lipinski definition) is 5. The molecule has 0 unspecified atom stereocenters. The highest BCUT2D eigenvalue weighted by Gasteiger charge is 2.72. The zero-order chi connectivity index (χ0) is 22.6. The fourth-order valence-electron chi connectivity index (χ4n) is 7.40. The standard InChI is InChI=1S/C24H32ClFO5/c1-4-30-21(29)31-20-14(2)11-18-17-6-5-15-12-16(27)7-8-22(15,3)24(17,26)19(28)13-23(18,20)9-10-25/h7-8,12,14,17-20,28H,4-6,9-11,13H2,1-3H3/t14-,17+,18+,19+,20-,22+,23+,24+/m1/s1. The molecule has 4 aliphatic carbocycles. The van der Waals surface area contributed by atoms with Gasteiger partial charge in [0.25, 0.3) is 0 Å². The number of halogens is 2. The Morgan fingerprint density at radius 2 is 2.13 bits per heavy atom. The van der Waals surface area contributed by atoms with Gasteiger partial charge in [-0.1, -0.05) is 18.6 Å². The quantitative estimate of drug-likeness (QED) is 0.490. The van der Waals surface area contributed by atoms with E-state index < -0.39 is 40.8 Å². The van der Waals surface area contributed by atoms with Crippen LogP contribution in [0.1, 0.15) is 52.9 Å². The summed E-state index contributed by atoms with van der Waals surface area (Å²) in [6.45, 7) is 5.74. The lowest BCUT2D eigenvalue weighted by atomic mass is 9.45. The Morgan fingerprint density at radius 3 is 2.81 bits per heavy atom. The number of rotatable bonds is 4. The Balaban J connectivity index is 1.76.